The van der Waals surface area contributed by atoms with Crippen LogP contribution in [0.2, 0.25) is 0 Å². The molecule has 2 aromatic heterocycles. The van der Waals surface area contributed by atoms with Gasteiger partial charge in [-0.15, -0.1) is 5.10 Å². The number of likely N-dealkylation sites (tertiary alicyclic amines) is 1. The number of para-hydroxylation sites is 1. The molecule has 7 nitrogen and oxygen atoms in total. The van der Waals surface area contributed by atoms with Crippen LogP contribution in [0.5, 0.6) is 0 Å². The molecule has 3 aromatic rings. The second-order valence-corrected chi connectivity index (χ2v) is 6.05. The highest BCUT2D eigenvalue weighted by Crippen LogP contribution is 2.22. The number of hydrogen-bond donors (Lipinski definition) is 0. The van der Waals surface area contributed by atoms with Gasteiger partial charge in [0.25, 0.3) is 5.91 Å². The molecule has 0 aliphatic carbocycles. The van der Waals surface area contributed by atoms with Gasteiger partial charge in [0.2, 0.25) is 0 Å². The van der Waals surface area contributed by atoms with Crippen LogP contribution in [0.3, 0.4) is 0 Å². The zero-order valence-corrected chi connectivity index (χ0v) is 13.4. The van der Waals surface area contributed by atoms with Gasteiger partial charge in [-0.05, 0) is 31.0 Å². The van der Waals surface area contributed by atoms with Crippen molar-refractivity contribution in [2.75, 3.05) is 13.1 Å². The predicted octanol–water partition coefficient (Wildman–Crippen LogP) is 1.86. The maximum atomic E-state index is 12.7. The van der Waals surface area contributed by atoms with Crippen molar-refractivity contribution in [1.29, 1.82) is 0 Å². The van der Waals surface area contributed by atoms with E-state index in [9.17, 15) is 4.79 Å². The molecule has 1 aliphatic rings. The quantitative estimate of drug-likeness (QED) is 0.738. The maximum Gasteiger partial charge on any atom is 0.276 e. The van der Waals surface area contributed by atoms with Crippen molar-refractivity contribution in [1.82, 2.24) is 29.7 Å². The van der Waals surface area contributed by atoms with E-state index in [-0.39, 0.29) is 11.9 Å². The van der Waals surface area contributed by atoms with Gasteiger partial charge in [0.1, 0.15) is 0 Å². The van der Waals surface area contributed by atoms with Crippen LogP contribution < -0.4 is 0 Å². The minimum absolute atomic E-state index is 0.0800. The summed E-state index contributed by atoms with van der Waals surface area (Å²) in [4.78, 5) is 16.0. The highest BCUT2D eigenvalue weighted by molar-refractivity contribution is 5.92. The largest absolute Gasteiger partial charge is 0.335 e. The second kappa shape index (κ2) is 5.92. The topological polar surface area (TPSA) is 68.8 Å². The van der Waals surface area contributed by atoms with Crippen LogP contribution in [0.25, 0.3) is 5.69 Å². The summed E-state index contributed by atoms with van der Waals surface area (Å²) in [6.07, 6.45) is 6.29. The SMILES string of the molecule is Cc1cnn(C2CCN(C(=O)c3cnn(-c4ccccc4)n3)C2)c1. The van der Waals surface area contributed by atoms with Gasteiger partial charge in [0.15, 0.2) is 5.69 Å². The Morgan fingerprint density at radius 3 is 2.75 bits per heavy atom. The number of carbonyl (C=O) groups is 1. The number of aryl methyl sites for hydroxylation is 1. The van der Waals surface area contributed by atoms with Gasteiger partial charge in [-0.3, -0.25) is 9.48 Å². The van der Waals surface area contributed by atoms with E-state index in [0.717, 1.165) is 17.7 Å². The molecule has 1 amide bonds. The van der Waals surface area contributed by atoms with E-state index in [4.69, 9.17) is 0 Å². The van der Waals surface area contributed by atoms with Crippen LogP contribution in [-0.4, -0.2) is 48.7 Å². The van der Waals surface area contributed by atoms with E-state index in [0.29, 0.717) is 18.8 Å². The van der Waals surface area contributed by atoms with E-state index in [1.54, 1.807) is 0 Å². The van der Waals surface area contributed by atoms with Crippen LogP contribution in [0.15, 0.2) is 48.9 Å². The van der Waals surface area contributed by atoms with Crippen LogP contribution in [0.1, 0.15) is 28.5 Å². The van der Waals surface area contributed by atoms with Gasteiger partial charge in [-0.25, -0.2) is 0 Å². The zero-order chi connectivity index (χ0) is 16.5. The van der Waals surface area contributed by atoms with Gasteiger partial charge in [0, 0.05) is 19.3 Å². The number of amides is 1. The number of carbonyl (C=O) groups excluding carboxylic acids is 1. The molecule has 24 heavy (non-hydrogen) atoms. The molecule has 0 radical (unpaired) electrons. The van der Waals surface area contributed by atoms with Crippen molar-refractivity contribution >= 4 is 5.91 Å². The average Bonchev–Trinajstić information content (AvgIpc) is 3.35. The fourth-order valence-electron chi connectivity index (χ4n) is 2.98. The lowest BCUT2D eigenvalue weighted by Gasteiger charge is -2.15. The van der Waals surface area contributed by atoms with Crippen molar-refractivity contribution in [3.05, 3.63) is 60.2 Å². The Labute approximate surface area is 139 Å². The number of hydrogen-bond acceptors (Lipinski definition) is 4. The molecule has 1 aromatic carbocycles. The molecule has 122 valence electrons. The molecular formula is C17H18N6O. The lowest BCUT2D eigenvalue weighted by molar-refractivity contribution is 0.0781. The summed E-state index contributed by atoms with van der Waals surface area (Å²) in [5.74, 6) is -0.0800. The monoisotopic (exact) mass is 322 g/mol. The summed E-state index contributed by atoms with van der Waals surface area (Å²) < 4.78 is 1.95. The Kier molecular flexibility index (Phi) is 3.60. The predicted molar refractivity (Wildman–Crippen MR) is 87.9 cm³/mol. The summed E-state index contributed by atoms with van der Waals surface area (Å²) in [6.45, 7) is 3.38. The van der Waals surface area contributed by atoms with Gasteiger partial charge >= 0.3 is 0 Å². The molecule has 3 heterocycles. The van der Waals surface area contributed by atoms with E-state index < -0.39 is 0 Å². The van der Waals surface area contributed by atoms with Gasteiger partial charge in [-0.2, -0.15) is 15.0 Å². The Morgan fingerprint density at radius 1 is 1.17 bits per heavy atom. The molecule has 4 rings (SSSR count). The Bertz CT molecular complexity index is 853. The summed E-state index contributed by atoms with van der Waals surface area (Å²) in [5.41, 5.74) is 2.34. The summed E-state index contributed by atoms with van der Waals surface area (Å²) in [5, 5.41) is 12.9. The molecule has 1 saturated heterocycles. The molecule has 0 saturated carbocycles. The molecule has 1 fully saturated rings. The molecule has 1 unspecified atom stereocenters. The number of benzene rings is 1. The lowest BCUT2D eigenvalue weighted by Crippen LogP contribution is -2.29. The third-order valence-corrected chi connectivity index (χ3v) is 4.25. The van der Waals surface area contributed by atoms with Crippen LogP contribution in [-0.2, 0) is 0 Å². The van der Waals surface area contributed by atoms with Crippen molar-refractivity contribution in [2.45, 2.75) is 19.4 Å². The van der Waals surface area contributed by atoms with Crippen molar-refractivity contribution < 1.29 is 4.79 Å². The minimum atomic E-state index is -0.0800. The van der Waals surface area contributed by atoms with Crippen LogP contribution >= 0.6 is 0 Å². The van der Waals surface area contributed by atoms with Crippen molar-refractivity contribution in [3.63, 3.8) is 0 Å². The van der Waals surface area contributed by atoms with Crippen LogP contribution in [0.4, 0.5) is 0 Å². The third-order valence-electron chi connectivity index (χ3n) is 4.25. The zero-order valence-electron chi connectivity index (χ0n) is 13.4. The summed E-state index contributed by atoms with van der Waals surface area (Å²) >= 11 is 0. The number of aromatic nitrogens is 5. The van der Waals surface area contributed by atoms with Crippen molar-refractivity contribution in [2.24, 2.45) is 0 Å². The molecular weight excluding hydrogens is 304 g/mol. The maximum absolute atomic E-state index is 12.7. The van der Waals surface area contributed by atoms with E-state index >= 15 is 0 Å². The van der Waals surface area contributed by atoms with Gasteiger partial charge < -0.3 is 4.90 Å². The van der Waals surface area contributed by atoms with E-state index in [1.807, 2.05) is 59.2 Å². The molecule has 7 heteroatoms. The standard InChI is InChI=1S/C17H18N6O/c1-13-9-18-22(11-13)15-7-8-21(12-15)17(24)16-10-19-23(20-16)14-5-3-2-4-6-14/h2-6,9-11,15H,7-8,12H2,1H3. The van der Waals surface area contributed by atoms with Gasteiger partial charge in [0.05, 0.1) is 24.1 Å². The molecule has 0 spiro atoms. The number of nitrogens with zero attached hydrogens (tertiary/aromatic N) is 6. The third kappa shape index (κ3) is 2.68. The van der Waals surface area contributed by atoms with Crippen LogP contribution in [0, 0.1) is 6.92 Å². The highest BCUT2D eigenvalue weighted by atomic mass is 16.2. The fourth-order valence-corrected chi connectivity index (χ4v) is 2.98. The fraction of sp³-hybridized carbons (Fsp3) is 0.294. The average molecular weight is 322 g/mol. The molecule has 0 N–H and O–H groups in total. The summed E-state index contributed by atoms with van der Waals surface area (Å²) in [6, 6.07) is 9.79. The van der Waals surface area contributed by atoms with Crippen molar-refractivity contribution in [3.8, 4) is 5.69 Å². The number of rotatable bonds is 3. The Hall–Kier alpha value is -2.96. The molecule has 1 aliphatic heterocycles. The normalized spacial score (nSPS) is 17.4. The first kappa shape index (κ1) is 14.6. The minimum Gasteiger partial charge on any atom is -0.335 e. The lowest BCUT2D eigenvalue weighted by atomic mass is 10.3. The summed E-state index contributed by atoms with van der Waals surface area (Å²) in [7, 11) is 0. The molecule has 0 bridgehead atoms. The first-order valence-electron chi connectivity index (χ1n) is 7.98. The van der Waals surface area contributed by atoms with E-state index in [2.05, 4.69) is 15.3 Å². The first-order valence-corrected chi connectivity index (χ1v) is 7.98. The molecule has 1 atom stereocenters. The van der Waals surface area contributed by atoms with Gasteiger partial charge in [-0.1, -0.05) is 18.2 Å². The first-order chi connectivity index (χ1) is 11.7. The Morgan fingerprint density at radius 2 is 2.00 bits per heavy atom. The highest BCUT2D eigenvalue weighted by Gasteiger charge is 2.29. The Balaban J connectivity index is 1.48. The van der Waals surface area contributed by atoms with E-state index in [1.165, 1.54) is 11.0 Å². The second-order valence-electron chi connectivity index (χ2n) is 6.05. The smallest absolute Gasteiger partial charge is 0.276 e.